The van der Waals surface area contributed by atoms with E-state index < -0.39 is 0 Å². The molecule has 0 aromatic carbocycles. The van der Waals surface area contributed by atoms with Gasteiger partial charge in [0.2, 0.25) is 0 Å². The fraction of sp³-hybridized carbons (Fsp3) is 0.957. The van der Waals surface area contributed by atoms with E-state index in [1.54, 1.807) is 0 Å². The first-order valence-electron chi connectivity index (χ1n) is 11.4. The van der Waals surface area contributed by atoms with Gasteiger partial charge in [-0.2, -0.15) is 0 Å². The molecule has 0 rings (SSSR count). The molecule has 2 nitrogen and oxygen atoms in total. The van der Waals surface area contributed by atoms with Crippen molar-refractivity contribution in [1.82, 2.24) is 0 Å². The van der Waals surface area contributed by atoms with Crippen molar-refractivity contribution >= 4 is 28.6 Å². The highest BCUT2D eigenvalue weighted by Gasteiger charge is 2.15. The predicted molar refractivity (Wildman–Crippen MR) is 123 cm³/mol. The lowest BCUT2D eigenvalue weighted by atomic mass is 9.91. The topological polar surface area (TPSA) is 26.3 Å². The number of carbonyl (C=O) groups is 1. The molecular weight excluding hydrogens is 435 g/mol. The van der Waals surface area contributed by atoms with Crippen LogP contribution in [0.15, 0.2) is 0 Å². The summed E-state index contributed by atoms with van der Waals surface area (Å²) in [6.07, 6.45) is 17.7. The summed E-state index contributed by atoms with van der Waals surface area (Å²) in [5.74, 6) is 0.828. The molecule has 0 bridgehead atoms. The van der Waals surface area contributed by atoms with Crippen LogP contribution < -0.4 is 0 Å². The van der Waals surface area contributed by atoms with Gasteiger partial charge in [-0.3, -0.25) is 4.79 Å². The minimum atomic E-state index is 0.0325. The molecule has 0 saturated carbocycles. The van der Waals surface area contributed by atoms with E-state index in [4.69, 9.17) is 4.74 Å². The van der Waals surface area contributed by atoms with E-state index in [1.165, 1.54) is 57.8 Å². The molecule has 0 saturated heterocycles. The van der Waals surface area contributed by atoms with Gasteiger partial charge in [-0.1, -0.05) is 102 Å². The van der Waals surface area contributed by atoms with E-state index in [9.17, 15) is 4.79 Å². The molecule has 0 aliphatic heterocycles. The summed E-state index contributed by atoms with van der Waals surface area (Å²) in [6.45, 7) is 8.92. The molecule has 26 heavy (non-hydrogen) atoms. The second kappa shape index (κ2) is 18.6. The van der Waals surface area contributed by atoms with Gasteiger partial charge >= 0.3 is 5.97 Å². The van der Waals surface area contributed by atoms with Crippen LogP contribution in [0.2, 0.25) is 0 Å². The van der Waals surface area contributed by atoms with Gasteiger partial charge in [0.25, 0.3) is 0 Å². The van der Waals surface area contributed by atoms with Gasteiger partial charge in [0.1, 0.15) is 6.10 Å². The predicted octanol–water partition coefficient (Wildman–Crippen LogP) is 8.25. The number of hydrogen-bond acceptors (Lipinski definition) is 2. The van der Waals surface area contributed by atoms with E-state index in [-0.39, 0.29) is 12.1 Å². The van der Waals surface area contributed by atoms with Gasteiger partial charge < -0.3 is 4.74 Å². The molecule has 0 aromatic heterocycles. The first-order chi connectivity index (χ1) is 12.6. The summed E-state index contributed by atoms with van der Waals surface area (Å²) in [6, 6.07) is 0. The zero-order valence-electron chi connectivity index (χ0n) is 18.0. The van der Waals surface area contributed by atoms with Gasteiger partial charge in [-0.15, -0.1) is 0 Å². The quantitative estimate of drug-likeness (QED) is 0.112. The number of hydrogen-bond donors (Lipinski definition) is 0. The first-order valence-corrected chi connectivity index (χ1v) is 12.6. The molecule has 3 atom stereocenters. The number of rotatable bonds is 18. The summed E-state index contributed by atoms with van der Waals surface area (Å²) in [7, 11) is 0. The Labute approximate surface area is 177 Å². The Morgan fingerprint density at radius 3 is 2.00 bits per heavy atom. The molecule has 3 heteroatoms. The third-order valence-corrected chi connectivity index (χ3v) is 6.46. The third kappa shape index (κ3) is 15.3. The van der Waals surface area contributed by atoms with E-state index in [1.807, 2.05) is 0 Å². The Morgan fingerprint density at radius 2 is 1.38 bits per heavy atom. The fourth-order valence-corrected chi connectivity index (χ4v) is 4.79. The van der Waals surface area contributed by atoms with Crippen molar-refractivity contribution in [3.05, 3.63) is 0 Å². The zero-order chi connectivity index (χ0) is 19.6. The van der Waals surface area contributed by atoms with Gasteiger partial charge in [-0.25, -0.2) is 0 Å². The monoisotopic (exact) mass is 480 g/mol. The molecule has 0 aliphatic carbocycles. The van der Waals surface area contributed by atoms with Gasteiger partial charge in [-0.05, 0) is 44.4 Å². The smallest absolute Gasteiger partial charge is 0.306 e. The lowest BCUT2D eigenvalue weighted by molar-refractivity contribution is -0.150. The molecule has 0 radical (unpaired) electrons. The standard InChI is InChI=1S/C23H45IO2/c1-5-9-18-22(14-8-4)26-23(25)19-11-16-20(12-6-2)15-10-17-21(24)13-7-3/h20-22H,5-19H2,1-4H3. The highest BCUT2D eigenvalue weighted by Crippen LogP contribution is 2.24. The maximum Gasteiger partial charge on any atom is 0.306 e. The lowest BCUT2D eigenvalue weighted by Gasteiger charge is -2.19. The second-order valence-corrected chi connectivity index (χ2v) is 9.67. The molecule has 0 aliphatic rings. The maximum atomic E-state index is 12.2. The van der Waals surface area contributed by atoms with Crippen LogP contribution in [0.4, 0.5) is 0 Å². The average molecular weight is 481 g/mol. The van der Waals surface area contributed by atoms with Crippen LogP contribution in [0.1, 0.15) is 124 Å². The Kier molecular flexibility index (Phi) is 18.7. The molecule has 156 valence electrons. The average Bonchev–Trinajstić information content (AvgIpc) is 2.60. The van der Waals surface area contributed by atoms with E-state index in [2.05, 4.69) is 50.3 Å². The Bertz CT molecular complexity index is 319. The fourth-order valence-electron chi connectivity index (χ4n) is 3.72. The Morgan fingerprint density at radius 1 is 0.731 bits per heavy atom. The van der Waals surface area contributed by atoms with Gasteiger partial charge in [0.05, 0.1) is 0 Å². The lowest BCUT2D eigenvalue weighted by Crippen LogP contribution is -2.18. The molecule has 0 amide bonds. The number of carbonyl (C=O) groups excluding carboxylic acids is 1. The number of ether oxygens (including phenoxy) is 1. The van der Waals surface area contributed by atoms with Crippen LogP contribution in [-0.2, 0) is 9.53 Å². The maximum absolute atomic E-state index is 12.2. The number of alkyl halides is 1. The highest BCUT2D eigenvalue weighted by molar-refractivity contribution is 14.1. The largest absolute Gasteiger partial charge is 0.462 e. The molecule has 0 spiro atoms. The van der Waals surface area contributed by atoms with E-state index >= 15 is 0 Å². The third-order valence-electron chi connectivity index (χ3n) is 5.21. The van der Waals surface area contributed by atoms with Crippen molar-refractivity contribution in [2.45, 2.75) is 134 Å². The van der Waals surface area contributed by atoms with E-state index in [0.717, 1.165) is 41.9 Å². The van der Waals surface area contributed by atoms with Crippen molar-refractivity contribution in [3.63, 3.8) is 0 Å². The van der Waals surface area contributed by atoms with Crippen molar-refractivity contribution in [1.29, 1.82) is 0 Å². The normalized spacial score (nSPS) is 14.8. The zero-order valence-corrected chi connectivity index (χ0v) is 20.2. The first kappa shape index (κ1) is 26.2. The summed E-state index contributed by atoms with van der Waals surface area (Å²) >= 11 is 2.61. The van der Waals surface area contributed by atoms with Crippen molar-refractivity contribution in [3.8, 4) is 0 Å². The van der Waals surface area contributed by atoms with Gasteiger partial charge in [0.15, 0.2) is 0 Å². The number of unbranched alkanes of at least 4 members (excludes halogenated alkanes) is 1. The van der Waals surface area contributed by atoms with Crippen LogP contribution in [-0.4, -0.2) is 16.0 Å². The van der Waals surface area contributed by atoms with Crippen LogP contribution in [0.5, 0.6) is 0 Å². The van der Waals surface area contributed by atoms with Gasteiger partial charge in [0, 0.05) is 10.3 Å². The second-order valence-electron chi connectivity index (χ2n) is 7.91. The summed E-state index contributed by atoms with van der Waals surface area (Å²) < 4.78 is 6.58. The molecule has 0 heterocycles. The van der Waals surface area contributed by atoms with Crippen LogP contribution in [0.3, 0.4) is 0 Å². The van der Waals surface area contributed by atoms with E-state index in [0.29, 0.717) is 6.42 Å². The highest BCUT2D eigenvalue weighted by atomic mass is 127. The minimum Gasteiger partial charge on any atom is -0.462 e. The number of esters is 1. The van der Waals surface area contributed by atoms with Crippen LogP contribution in [0, 0.1) is 5.92 Å². The van der Waals surface area contributed by atoms with Crippen LogP contribution in [0.25, 0.3) is 0 Å². The number of halogens is 1. The molecule has 0 aromatic rings. The Balaban J connectivity index is 4.05. The molecule has 0 N–H and O–H groups in total. The Hall–Kier alpha value is 0.200. The summed E-state index contributed by atoms with van der Waals surface area (Å²) in [4.78, 5) is 12.2. The molecule has 3 unspecified atom stereocenters. The van der Waals surface area contributed by atoms with Crippen LogP contribution >= 0.6 is 22.6 Å². The molecular formula is C23H45IO2. The van der Waals surface area contributed by atoms with Crippen molar-refractivity contribution < 1.29 is 9.53 Å². The molecule has 0 fully saturated rings. The van der Waals surface area contributed by atoms with Crippen molar-refractivity contribution in [2.75, 3.05) is 0 Å². The summed E-state index contributed by atoms with van der Waals surface area (Å²) in [5, 5.41) is 0. The summed E-state index contributed by atoms with van der Waals surface area (Å²) in [5.41, 5.74) is 0. The SMILES string of the molecule is CCCCC(CCC)OC(=O)CCCC(CCC)CCCC(I)CCC. The minimum absolute atomic E-state index is 0.0325. The van der Waals surface area contributed by atoms with Crippen molar-refractivity contribution in [2.24, 2.45) is 5.92 Å².